The molecule has 1 aromatic heterocycles. The minimum Gasteiger partial charge on any atom is -0.437 e. The monoisotopic (exact) mass is 328 g/mol. The molecular formula is C15H15Cl2FN2O. The quantitative estimate of drug-likeness (QED) is 0.699. The van der Waals surface area contributed by atoms with Crippen molar-refractivity contribution in [2.45, 2.75) is 33.1 Å². The van der Waals surface area contributed by atoms with Crippen LogP contribution in [0.4, 0.5) is 4.39 Å². The number of hydrogen-bond donors (Lipinski definition) is 0. The third-order valence-electron chi connectivity index (χ3n) is 2.81. The second-order valence-corrected chi connectivity index (χ2v) is 6.46. The zero-order chi connectivity index (χ0) is 15.8. The van der Waals surface area contributed by atoms with Crippen molar-refractivity contribution in [1.29, 1.82) is 0 Å². The second kappa shape index (κ2) is 5.78. The van der Waals surface area contributed by atoms with Crippen LogP contribution in [0, 0.1) is 12.7 Å². The van der Waals surface area contributed by atoms with Crippen LogP contribution in [0.5, 0.6) is 11.6 Å². The zero-order valence-corrected chi connectivity index (χ0v) is 13.7. The molecule has 6 heteroatoms. The van der Waals surface area contributed by atoms with Crippen molar-refractivity contribution in [3.05, 3.63) is 45.6 Å². The van der Waals surface area contributed by atoms with Gasteiger partial charge in [-0.25, -0.2) is 9.37 Å². The van der Waals surface area contributed by atoms with Crippen LogP contribution >= 0.6 is 23.2 Å². The minimum absolute atomic E-state index is 0.168. The van der Waals surface area contributed by atoms with Crippen LogP contribution in [0.3, 0.4) is 0 Å². The first-order valence-corrected chi connectivity index (χ1v) is 7.11. The summed E-state index contributed by atoms with van der Waals surface area (Å²) in [7, 11) is 0. The van der Waals surface area contributed by atoms with Crippen molar-refractivity contribution in [3.63, 3.8) is 0 Å². The summed E-state index contributed by atoms with van der Waals surface area (Å²) in [6, 6.07) is 3.90. The predicted molar refractivity (Wildman–Crippen MR) is 82.0 cm³/mol. The van der Waals surface area contributed by atoms with Crippen molar-refractivity contribution in [2.24, 2.45) is 0 Å². The molecule has 0 unspecified atom stereocenters. The van der Waals surface area contributed by atoms with Gasteiger partial charge in [-0.05, 0) is 25.1 Å². The van der Waals surface area contributed by atoms with Gasteiger partial charge in [-0.1, -0.05) is 44.0 Å². The van der Waals surface area contributed by atoms with Gasteiger partial charge in [0.25, 0.3) is 0 Å². The van der Waals surface area contributed by atoms with Crippen molar-refractivity contribution in [1.82, 2.24) is 9.97 Å². The molecule has 0 radical (unpaired) electrons. The Morgan fingerprint density at radius 3 is 2.38 bits per heavy atom. The summed E-state index contributed by atoms with van der Waals surface area (Å²) < 4.78 is 18.7. The summed E-state index contributed by atoms with van der Waals surface area (Å²) in [5.41, 5.74) is 0.326. The number of halogens is 3. The number of benzene rings is 1. The molecule has 0 spiro atoms. The minimum atomic E-state index is -0.430. The smallest absolute Gasteiger partial charge is 0.227 e. The molecule has 0 aliphatic carbocycles. The molecule has 0 saturated carbocycles. The van der Waals surface area contributed by atoms with Gasteiger partial charge in [0.1, 0.15) is 22.5 Å². The molecule has 0 bridgehead atoms. The highest BCUT2D eigenvalue weighted by molar-refractivity contribution is 6.32. The highest BCUT2D eigenvalue weighted by Gasteiger charge is 2.22. The molecule has 2 aromatic rings. The summed E-state index contributed by atoms with van der Waals surface area (Å²) in [5.74, 6) is 0.760. The highest BCUT2D eigenvalue weighted by atomic mass is 35.5. The molecule has 0 amide bonds. The number of rotatable bonds is 2. The van der Waals surface area contributed by atoms with Gasteiger partial charge in [0.15, 0.2) is 0 Å². The molecule has 2 rings (SSSR count). The van der Waals surface area contributed by atoms with E-state index in [1.165, 1.54) is 18.2 Å². The maximum atomic E-state index is 13.1. The Morgan fingerprint density at radius 1 is 1.14 bits per heavy atom. The van der Waals surface area contributed by atoms with Gasteiger partial charge in [0.05, 0.1) is 5.02 Å². The van der Waals surface area contributed by atoms with Gasteiger partial charge in [0.2, 0.25) is 5.88 Å². The van der Waals surface area contributed by atoms with Crippen LogP contribution in [0.15, 0.2) is 18.2 Å². The van der Waals surface area contributed by atoms with E-state index in [0.29, 0.717) is 28.2 Å². The van der Waals surface area contributed by atoms with Crippen LogP contribution in [0.25, 0.3) is 0 Å². The van der Waals surface area contributed by atoms with Crippen LogP contribution in [0.1, 0.15) is 32.2 Å². The molecule has 0 atom stereocenters. The largest absolute Gasteiger partial charge is 0.437 e. The number of ether oxygens (including phenoxy) is 1. The lowest BCUT2D eigenvalue weighted by molar-refractivity contribution is 0.441. The first-order valence-electron chi connectivity index (χ1n) is 6.36. The number of aromatic nitrogens is 2. The van der Waals surface area contributed by atoms with Gasteiger partial charge in [-0.15, -0.1) is 0 Å². The molecule has 0 aliphatic heterocycles. The van der Waals surface area contributed by atoms with Crippen molar-refractivity contribution in [2.75, 3.05) is 0 Å². The Bertz CT molecular complexity index is 684. The Morgan fingerprint density at radius 2 is 1.81 bits per heavy atom. The van der Waals surface area contributed by atoms with E-state index in [0.717, 1.165) is 0 Å². The topological polar surface area (TPSA) is 35.0 Å². The van der Waals surface area contributed by atoms with E-state index in [1.54, 1.807) is 6.92 Å². The molecule has 21 heavy (non-hydrogen) atoms. The van der Waals surface area contributed by atoms with Crippen LogP contribution in [0.2, 0.25) is 10.2 Å². The molecule has 112 valence electrons. The lowest BCUT2D eigenvalue weighted by Crippen LogP contribution is -2.17. The number of hydrogen-bond acceptors (Lipinski definition) is 3. The molecular weight excluding hydrogens is 314 g/mol. The first kappa shape index (κ1) is 16.0. The van der Waals surface area contributed by atoms with E-state index in [-0.39, 0.29) is 10.4 Å². The van der Waals surface area contributed by atoms with Gasteiger partial charge < -0.3 is 4.74 Å². The lowest BCUT2D eigenvalue weighted by Gasteiger charge is -2.19. The number of nitrogens with zero attached hydrogens (tertiary/aromatic N) is 2. The van der Waals surface area contributed by atoms with Gasteiger partial charge in [0, 0.05) is 11.0 Å². The third kappa shape index (κ3) is 3.63. The summed E-state index contributed by atoms with van der Waals surface area (Å²) in [6.07, 6.45) is 0. The van der Waals surface area contributed by atoms with Crippen molar-refractivity contribution >= 4 is 23.2 Å². The van der Waals surface area contributed by atoms with Crippen LogP contribution in [-0.2, 0) is 5.41 Å². The molecule has 0 fully saturated rings. The van der Waals surface area contributed by atoms with E-state index in [4.69, 9.17) is 27.9 Å². The van der Waals surface area contributed by atoms with Gasteiger partial charge in [-0.2, -0.15) is 4.98 Å². The first-order chi connectivity index (χ1) is 9.68. The van der Waals surface area contributed by atoms with E-state index in [9.17, 15) is 4.39 Å². The summed E-state index contributed by atoms with van der Waals surface area (Å²) in [6.45, 7) is 7.68. The van der Waals surface area contributed by atoms with Crippen LogP contribution in [-0.4, -0.2) is 9.97 Å². The van der Waals surface area contributed by atoms with E-state index in [2.05, 4.69) is 9.97 Å². The lowest BCUT2D eigenvalue weighted by atomic mass is 9.96. The summed E-state index contributed by atoms with van der Waals surface area (Å²) in [5, 5.41) is 0.490. The molecule has 1 heterocycles. The van der Waals surface area contributed by atoms with Gasteiger partial charge >= 0.3 is 0 Å². The predicted octanol–water partition coefficient (Wildman–Crippen LogP) is 5.32. The third-order valence-corrected chi connectivity index (χ3v) is 3.48. The Labute approximate surface area is 133 Å². The van der Waals surface area contributed by atoms with Gasteiger partial charge in [-0.3, -0.25) is 0 Å². The van der Waals surface area contributed by atoms with Crippen molar-refractivity contribution < 1.29 is 9.13 Å². The zero-order valence-electron chi connectivity index (χ0n) is 12.2. The average molecular weight is 329 g/mol. The average Bonchev–Trinajstić information content (AvgIpc) is 2.36. The normalized spacial score (nSPS) is 11.6. The second-order valence-electron chi connectivity index (χ2n) is 5.69. The fraction of sp³-hybridized carbons (Fsp3) is 0.333. The Kier molecular flexibility index (Phi) is 4.40. The Hall–Kier alpha value is -1.39. The molecule has 1 aromatic carbocycles. The van der Waals surface area contributed by atoms with E-state index < -0.39 is 5.82 Å². The van der Waals surface area contributed by atoms with Crippen molar-refractivity contribution in [3.8, 4) is 11.6 Å². The maximum Gasteiger partial charge on any atom is 0.227 e. The summed E-state index contributed by atoms with van der Waals surface area (Å²) in [4.78, 5) is 8.66. The fourth-order valence-corrected chi connectivity index (χ4v) is 1.93. The maximum absolute atomic E-state index is 13.1. The molecule has 0 N–H and O–H groups in total. The highest BCUT2D eigenvalue weighted by Crippen LogP contribution is 2.33. The molecule has 0 saturated heterocycles. The van der Waals surface area contributed by atoms with E-state index >= 15 is 0 Å². The van der Waals surface area contributed by atoms with E-state index in [1.807, 2.05) is 20.8 Å². The molecule has 0 aliphatic rings. The SMILES string of the molecule is Cc1c(Cl)nc(C(C)(C)C)nc1Oc1ccc(F)cc1Cl. The summed E-state index contributed by atoms with van der Waals surface area (Å²) >= 11 is 12.1. The Balaban J connectivity index is 2.46. The molecule has 3 nitrogen and oxygen atoms in total. The van der Waals surface area contributed by atoms with Crippen LogP contribution < -0.4 is 4.74 Å². The standard InChI is InChI=1S/C15H15Cl2FN2O/c1-8-12(17)19-14(15(2,3)4)20-13(8)21-11-6-5-9(18)7-10(11)16/h5-7H,1-4H3. The fourth-order valence-electron chi connectivity index (χ4n) is 1.57.